The number of hydrazone groups is 1. The van der Waals surface area contributed by atoms with E-state index in [1.807, 2.05) is 31.2 Å². The number of sulfonamides is 1. The van der Waals surface area contributed by atoms with Gasteiger partial charge in [-0.1, -0.05) is 6.42 Å². The minimum Gasteiger partial charge on any atom is -0.494 e. The molecule has 0 atom stereocenters. The Morgan fingerprint density at radius 1 is 1.18 bits per heavy atom. The molecule has 1 fully saturated rings. The summed E-state index contributed by atoms with van der Waals surface area (Å²) in [5, 5.41) is 8.38. The zero-order valence-electron chi connectivity index (χ0n) is 18.4. The monoisotopic (exact) mass is 485 g/mol. The predicted octanol–water partition coefficient (Wildman–Crippen LogP) is 4.06. The van der Waals surface area contributed by atoms with Gasteiger partial charge >= 0.3 is 0 Å². The first-order chi connectivity index (χ1) is 16.0. The summed E-state index contributed by atoms with van der Waals surface area (Å²) in [7, 11) is -3.50. The number of nitrogens with zero attached hydrogens (tertiary/aromatic N) is 2. The number of hydrogen-bond acceptors (Lipinski definition) is 5. The number of aromatic amines is 1. The molecule has 174 valence electrons. The summed E-state index contributed by atoms with van der Waals surface area (Å²) >= 11 is 5.29. The van der Waals surface area contributed by atoms with Crippen molar-refractivity contribution in [2.24, 2.45) is 5.10 Å². The van der Waals surface area contributed by atoms with Crippen LogP contribution in [0.25, 0.3) is 10.9 Å². The minimum atomic E-state index is -3.50. The number of thiocarbonyl (C=S) groups is 1. The number of rotatable bonds is 7. The van der Waals surface area contributed by atoms with Gasteiger partial charge in [0, 0.05) is 41.4 Å². The van der Waals surface area contributed by atoms with Crippen molar-refractivity contribution in [3.63, 3.8) is 0 Å². The fourth-order valence-corrected chi connectivity index (χ4v) is 5.48. The third kappa shape index (κ3) is 5.52. The SMILES string of the molecule is CCOc1ccc(NC(=S)N/N=C\c2c[nH]c3ccc(S(=O)(=O)N4CCCCC4)cc23)cc1. The maximum absolute atomic E-state index is 13.0. The van der Waals surface area contributed by atoms with E-state index in [4.69, 9.17) is 17.0 Å². The minimum absolute atomic E-state index is 0.298. The highest BCUT2D eigenvalue weighted by molar-refractivity contribution is 7.89. The van der Waals surface area contributed by atoms with E-state index in [1.54, 1.807) is 34.9 Å². The third-order valence-electron chi connectivity index (χ3n) is 5.43. The van der Waals surface area contributed by atoms with Crippen molar-refractivity contribution in [2.75, 3.05) is 25.0 Å². The molecule has 8 nitrogen and oxygen atoms in total. The summed E-state index contributed by atoms with van der Waals surface area (Å²) in [4.78, 5) is 3.45. The van der Waals surface area contributed by atoms with Gasteiger partial charge in [0.2, 0.25) is 10.0 Å². The van der Waals surface area contributed by atoms with Crippen LogP contribution in [0.3, 0.4) is 0 Å². The Morgan fingerprint density at radius 2 is 1.94 bits per heavy atom. The number of H-pyrrole nitrogens is 1. The number of piperidine rings is 1. The topological polar surface area (TPSA) is 98.8 Å². The molecule has 3 N–H and O–H groups in total. The molecule has 1 aromatic heterocycles. The molecule has 0 spiro atoms. The second-order valence-corrected chi connectivity index (χ2v) is 10.0. The summed E-state index contributed by atoms with van der Waals surface area (Å²) in [6.07, 6.45) is 6.28. The van der Waals surface area contributed by atoms with Crippen LogP contribution < -0.4 is 15.5 Å². The smallest absolute Gasteiger partial charge is 0.243 e. The first-order valence-electron chi connectivity index (χ1n) is 10.9. The molecule has 0 saturated carbocycles. The molecular formula is C23H27N5O3S2. The Balaban J connectivity index is 1.43. The first-order valence-corrected chi connectivity index (χ1v) is 12.8. The molecule has 0 radical (unpaired) electrons. The van der Waals surface area contributed by atoms with Gasteiger partial charge in [0.1, 0.15) is 5.75 Å². The first kappa shape index (κ1) is 23.2. The lowest BCUT2D eigenvalue weighted by molar-refractivity contribution is 0.340. The van der Waals surface area contributed by atoms with Crippen molar-refractivity contribution in [3.05, 3.63) is 54.2 Å². The number of fused-ring (bicyclic) bond motifs is 1. The zero-order chi connectivity index (χ0) is 23.3. The van der Waals surface area contributed by atoms with Crippen LogP contribution >= 0.6 is 12.2 Å². The largest absolute Gasteiger partial charge is 0.494 e. The summed E-state index contributed by atoms with van der Waals surface area (Å²) < 4.78 is 33.1. The molecule has 0 amide bonds. The molecule has 0 aliphatic carbocycles. The predicted molar refractivity (Wildman–Crippen MR) is 135 cm³/mol. The molecule has 1 saturated heterocycles. The van der Waals surface area contributed by atoms with Crippen molar-refractivity contribution in [3.8, 4) is 5.75 Å². The third-order valence-corrected chi connectivity index (χ3v) is 7.52. The second kappa shape index (κ2) is 10.3. The molecule has 33 heavy (non-hydrogen) atoms. The molecule has 10 heteroatoms. The van der Waals surface area contributed by atoms with Crippen molar-refractivity contribution in [1.29, 1.82) is 0 Å². The van der Waals surface area contributed by atoms with E-state index >= 15 is 0 Å². The van der Waals surface area contributed by atoms with E-state index in [1.165, 1.54) is 0 Å². The van der Waals surface area contributed by atoms with Gasteiger partial charge in [0.05, 0.1) is 17.7 Å². The average molecular weight is 486 g/mol. The van der Waals surface area contributed by atoms with Crippen molar-refractivity contribution in [2.45, 2.75) is 31.1 Å². The van der Waals surface area contributed by atoms with Gasteiger partial charge in [-0.05, 0) is 74.4 Å². The number of benzene rings is 2. The number of nitrogens with one attached hydrogen (secondary N) is 3. The summed E-state index contributed by atoms with van der Waals surface area (Å²) in [6.45, 7) is 3.70. The van der Waals surface area contributed by atoms with E-state index in [0.29, 0.717) is 29.7 Å². The quantitative estimate of drug-likeness (QED) is 0.265. The molecule has 0 bridgehead atoms. The fourth-order valence-electron chi connectivity index (χ4n) is 3.76. The van der Waals surface area contributed by atoms with Crippen LogP contribution in [-0.4, -0.2) is 48.7 Å². The Morgan fingerprint density at radius 3 is 2.67 bits per heavy atom. The van der Waals surface area contributed by atoms with Crippen LogP contribution in [0.2, 0.25) is 0 Å². The Kier molecular flexibility index (Phi) is 7.26. The van der Waals surface area contributed by atoms with Gasteiger partial charge in [0.15, 0.2) is 5.11 Å². The van der Waals surface area contributed by atoms with E-state index < -0.39 is 10.0 Å². The number of anilines is 1. The Hall–Kier alpha value is -2.95. The molecule has 4 rings (SSSR count). The summed E-state index contributed by atoms with van der Waals surface area (Å²) in [6, 6.07) is 12.6. The molecule has 3 aromatic rings. The zero-order valence-corrected chi connectivity index (χ0v) is 20.0. The summed E-state index contributed by atoms with van der Waals surface area (Å²) in [5.74, 6) is 0.793. The molecular weight excluding hydrogens is 458 g/mol. The van der Waals surface area contributed by atoms with Crippen LogP contribution in [0, 0.1) is 0 Å². The highest BCUT2D eigenvalue weighted by atomic mass is 32.2. The molecule has 1 aliphatic heterocycles. The average Bonchev–Trinajstić information content (AvgIpc) is 3.23. The highest BCUT2D eigenvalue weighted by Gasteiger charge is 2.26. The van der Waals surface area contributed by atoms with Crippen LogP contribution in [0.15, 0.2) is 58.7 Å². The van der Waals surface area contributed by atoms with Gasteiger partial charge in [-0.25, -0.2) is 8.42 Å². The van der Waals surface area contributed by atoms with Gasteiger partial charge in [-0.2, -0.15) is 9.41 Å². The van der Waals surface area contributed by atoms with Crippen molar-refractivity contribution < 1.29 is 13.2 Å². The highest BCUT2D eigenvalue weighted by Crippen LogP contribution is 2.25. The van der Waals surface area contributed by atoms with Crippen molar-refractivity contribution >= 4 is 50.2 Å². The van der Waals surface area contributed by atoms with Gasteiger partial charge in [0.25, 0.3) is 0 Å². The van der Waals surface area contributed by atoms with E-state index in [9.17, 15) is 8.42 Å². The standard InChI is InChI=1S/C23H27N5O3S2/c1-2-31-19-8-6-18(7-9-19)26-23(32)27-25-16-17-15-24-22-11-10-20(14-21(17)22)33(29,30)28-12-4-3-5-13-28/h6-11,14-16,24H,2-5,12-13H2,1H3,(H2,26,27,32)/b25-16-. The van der Waals surface area contributed by atoms with E-state index in [0.717, 1.165) is 47.2 Å². The van der Waals surface area contributed by atoms with Crippen LogP contribution in [0.4, 0.5) is 5.69 Å². The van der Waals surface area contributed by atoms with Gasteiger partial charge in [-0.3, -0.25) is 5.43 Å². The van der Waals surface area contributed by atoms with Crippen molar-refractivity contribution in [1.82, 2.24) is 14.7 Å². The lowest BCUT2D eigenvalue weighted by Gasteiger charge is -2.25. The normalized spacial score (nSPS) is 15.1. The second-order valence-electron chi connectivity index (χ2n) is 7.70. The number of ether oxygens (including phenoxy) is 1. The summed E-state index contributed by atoms with van der Waals surface area (Å²) in [5.41, 5.74) is 5.20. The molecule has 2 heterocycles. The van der Waals surface area contributed by atoms with E-state index in [-0.39, 0.29) is 0 Å². The van der Waals surface area contributed by atoms with Crippen LogP contribution in [0.1, 0.15) is 31.7 Å². The lowest BCUT2D eigenvalue weighted by atomic mass is 10.2. The van der Waals surface area contributed by atoms with Crippen LogP contribution in [-0.2, 0) is 10.0 Å². The maximum Gasteiger partial charge on any atom is 0.243 e. The number of aromatic nitrogens is 1. The molecule has 1 aliphatic rings. The van der Waals surface area contributed by atoms with E-state index in [2.05, 4.69) is 20.8 Å². The molecule has 0 unspecified atom stereocenters. The fraction of sp³-hybridized carbons (Fsp3) is 0.304. The Labute approximate surface area is 199 Å². The van der Waals surface area contributed by atoms with Crippen LogP contribution in [0.5, 0.6) is 5.75 Å². The van der Waals surface area contributed by atoms with Gasteiger partial charge < -0.3 is 15.0 Å². The Bertz CT molecular complexity index is 1250. The lowest BCUT2D eigenvalue weighted by Crippen LogP contribution is -2.35. The number of hydrogen-bond donors (Lipinski definition) is 3. The molecule has 2 aromatic carbocycles. The maximum atomic E-state index is 13.0. The van der Waals surface area contributed by atoms with Gasteiger partial charge in [-0.15, -0.1) is 0 Å².